The van der Waals surface area contributed by atoms with Gasteiger partial charge in [0, 0.05) is 18.7 Å². The Kier molecular flexibility index (Phi) is 6.55. The zero-order valence-electron chi connectivity index (χ0n) is 12.2. The molecule has 0 bridgehead atoms. The van der Waals surface area contributed by atoms with E-state index in [9.17, 15) is 18.4 Å². The van der Waals surface area contributed by atoms with Crippen LogP contribution in [0.4, 0.5) is 8.78 Å². The van der Waals surface area contributed by atoms with Gasteiger partial charge in [-0.05, 0) is 25.1 Å². The van der Waals surface area contributed by atoms with Gasteiger partial charge in [-0.1, -0.05) is 0 Å². The Bertz CT molecular complexity index is 536. The lowest BCUT2D eigenvalue weighted by Crippen LogP contribution is -2.32. The van der Waals surface area contributed by atoms with Crippen molar-refractivity contribution in [2.24, 2.45) is 0 Å². The van der Waals surface area contributed by atoms with Crippen LogP contribution in [0.1, 0.15) is 23.7 Å². The Balaban J connectivity index is 2.98. The van der Waals surface area contributed by atoms with Crippen LogP contribution < -0.4 is 9.47 Å². The van der Waals surface area contributed by atoms with E-state index in [1.807, 2.05) is 0 Å². The molecule has 0 unspecified atom stereocenters. The highest BCUT2D eigenvalue weighted by Crippen LogP contribution is 2.29. The number of carboxylic acid groups (broad SMARTS) is 1. The number of carboxylic acids is 1. The highest BCUT2D eigenvalue weighted by molar-refractivity contribution is 5.95. The number of methoxy groups -OCH3 is 1. The Morgan fingerprint density at radius 3 is 2.50 bits per heavy atom. The lowest BCUT2D eigenvalue weighted by Gasteiger charge is -2.20. The maximum absolute atomic E-state index is 12.4. The van der Waals surface area contributed by atoms with Crippen molar-refractivity contribution in [3.8, 4) is 11.5 Å². The van der Waals surface area contributed by atoms with Crippen LogP contribution in [-0.2, 0) is 4.79 Å². The van der Waals surface area contributed by atoms with E-state index in [4.69, 9.17) is 9.84 Å². The number of ether oxygens (including phenoxy) is 2. The van der Waals surface area contributed by atoms with Crippen LogP contribution >= 0.6 is 0 Å². The molecule has 122 valence electrons. The number of benzene rings is 1. The van der Waals surface area contributed by atoms with E-state index in [-0.39, 0.29) is 30.0 Å². The number of rotatable bonds is 8. The second kappa shape index (κ2) is 8.16. The zero-order chi connectivity index (χ0) is 16.7. The SMILES string of the molecule is CCN(CCC(=O)O)C(=O)c1ccc(OC)c(OC(F)F)c1. The molecule has 0 spiro atoms. The molecule has 0 atom stereocenters. The molecule has 0 aliphatic carbocycles. The molecule has 0 aromatic heterocycles. The van der Waals surface area contributed by atoms with Crippen molar-refractivity contribution in [1.82, 2.24) is 4.90 Å². The molecule has 1 rings (SSSR count). The third-order valence-corrected chi connectivity index (χ3v) is 2.89. The van der Waals surface area contributed by atoms with Crippen LogP contribution in [0.25, 0.3) is 0 Å². The Labute approximate surface area is 126 Å². The second-order valence-electron chi connectivity index (χ2n) is 4.27. The highest BCUT2D eigenvalue weighted by Gasteiger charge is 2.18. The van der Waals surface area contributed by atoms with Gasteiger partial charge in [0.25, 0.3) is 5.91 Å². The van der Waals surface area contributed by atoms with Crippen LogP contribution in [0.5, 0.6) is 11.5 Å². The van der Waals surface area contributed by atoms with Crippen LogP contribution in [-0.4, -0.2) is 48.7 Å². The first-order chi connectivity index (χ1) is 10.4. The molecule has 1 amide bonds. The molecule has 6 nitrogen and oxygen atoms in total. The molecule has 0 saturated carbocycles. The quantitative estimate of drug-likeness (QED) is 0.796. The van der Waals surface area contributed by atoms with Gasteiger partial charge in [0.15, 0.2) is 11.5 Å². The first kappa shape index (κ1) is 17.7. The van der Waals surface area contributed by atoms with Crippen molar-refractivity contribution in [3.05, 3.63) is 23.8 Å². The molecule has 0 heterocycles. The van der Waals surface area contributed by atoms with Crippen molar-refractivity contribution in [2.45, 2.75) is 20.0 Å². The van der Waals surface area contributed by atoms with E-state index in [1.54, 1.807) is 6.92 Å². The summed E-state index contributed by atoms with van der Waals surface area (Å²) in [6, 6.07) is 3.90. The number of hydrogen-bond donors (Lipinski definition) is 1. The standard InChI is InChI=1S/C14H17F2NO5/c1-3-17(7-6-12(18)19)13(20)9-4-5-10(21-2)11(8-9)22-14(15)16/h4-5,8,14H,3,6-7H2,1-2H3,(H,18,19). The van der Waals surface area contributed by atoms with Gasteiger partial charge < -0.3 is 19.5 Å². The second-order valence-corrected chi connectivity index (χ2v) is 4.27. The summed E-state index contributed by atoms with van der Waals surface area (Å²) < 4.78 is 33.9. The lowest BCUT2D eigenvalue weighted by atomic mass is 10.1. The minimum absolute atomic E-state index is 0.0295. The molecule has 0 saturated heterocycles. The number of carbonyl (C=O) groups is 2. The monoisotopic (exact) mass is 317 g/mol. The fraction of sp³-hybridized carbons (Fsp3) is 0.429. The summed E-state index contributed by atoms with van der Waals surface area (Å²) in [4.78, 5) is 24.2. The average Bonchev–Trinajstić information content (AvgIpc) is 2.46. The summed E-state index contributed by atoms with van der Waals surface area (Å²) in [5, 5.41) is 8.66. The first-order valence-corrected chi connectivity index (χ1v) is 6.53. The lowest BCUT2D eigenvalue weighted by molar-refractivity contribution is -0.137. The number of carbonyl (C=O) groups excluding carboxylic acids is 1. The van der Waals surface area contributed by atoms with Gasteiger partial charge >= 0.3 is 12.6 Å². The molecule has 1 N–H and O–H groups in total. The number of aliphatic carboxylic acids is 1. The highest BCUT2D eigenvalue weighted by atomic mass is 19.3. The first-order valence-electron chi connectivity index (χ1n) is 6.53. The largest absolute Gasteiger partial charge is 0.493 e. The van der Waals surface area contributed by atoms with Crippen molar-refractivity contribution in [2.75, 3.05) is 20.2 Å². The Hall–Kier alpha value is -2.38. The minimum Gasteiger partial charge on any atom is -0.493 e. The zero-order valence-corrected chi connectivity index (χ0v) is 12.2. The van der Waals surface area contributed by atoms with Crippen molar-refractivity contribution >= 4 is 11.9 Å². The minimum atomic E-state index is -3.05. The van der Waals surface area contributed by atoms with Crippen LogP contribution in [0.3, 0.4) is 0 Å². The summed E-state index contributed by atoms with van der Waals surface area (Å²) >= 11 is 0. The molecular weight excluding hydrogens is 300 g/mol. The number of alkyl halides is 2. The molecule has 1 aromatic rings. The van der Waals surface area contributed by atoms with Crippen LogP contribution in [0.2, 0.25) is 0 Å². The molecule has 0 aliphatic heterocycles. The fourth-order valence-electron chi connectivity index (χ4n) is 1.81. The molecule has 0 radical (unpaired) electrons. The van der Waals surface area contributed by atoms with E-state index in [1.165, 1.54) is 24.1 Å². The van der Waals surface area contributed by atoms with Gasteiger partial charge in [0.2, 0.25) is 0 Å². The maximum Gasteiger partial charge on any atom is 0.387 e. The van der Waals surface area contributed by atoms with E-state index >= 15 is 0 Å². The molecular formula is C14H17F2NO5. The van der Waals surface area contributed by atoms with Gasteiger partial charge in [-0.15, -0.1) is 0 Å². The van der Waals surface area contributed by atoms with Gasteiger partial charge in [-0.25, -0.2) is 0 Å². The summed E-state index contributed by atoms with van der Waals surface area (Å²) in [6.45, 7) is -1.03. The number of nitrogens with zero attached hydrogens (tertiary/aromatic N) is 1. The number of amides is 1. The predicted octanol–water partition coefficient (Wildman–Crippen LogP) is 2.23. The predicted molar refractivity (Wildman–Crippen MR) is 73.5 cm³/mol. The summed E-state index contributed by atoms with van der Waals surface area (Å²) in [5.74, 6) is -1.67. The summed E-state index contributed by atoms with van der Waals surface area (Å²) in [6.07, 6.45) is -0.198. The molecule has 22 heavy (non-hydrogen) atoms. The topological polar surface area (TPSA) is 76.1 Å². The third-order valence-electron chi connectivity index (χ3n) is 2.89. The number of hydrogen-bond acceptors (Lipinski definition) is 4. The summed E-state index contributed by atoms with van der Waals surface area (Å²) in [5.41, 5.74) is 0.115. The maximum atomic E-state index is 12.4. The van der Waals surface area contributed by atoms with Crippen LogP contribution in [0, 0.1) is 0 Å². The normalized spacial score (nSPS) is 10.4. The van der Waals surface area contributed by atoms with Gasteiger partial charge in [0.05, 0.1) is 13.5 Å². The Morgan fingerprint density at radius 2 is 2.00 bits per heavy atom. The summed E-state index contributed by atoms with van der Waals surface area (Å²) in [7, 11) is 1.29. The van der Waals surface area contributed by atoms with Crippen molar-refractivity contribution in [3.63, 3.8) is 0 Å². The average molecular weight is 317 g/mol. The van der Waals surface area contributed by atoms with Crippen LogP contribution in [0.15, 0.2) is 18.2 Å². The molecule has 1 aromatic carbocycles. The van der Waals surface area contributed by atoms with Crippen molar-refractivity contribution < 1.29 is 33.0 Å². The van der Waals surface area contributed by atoms with Gasteiger partial charge in [-0.2, -0.15) is 8.78 Å². The van der Waals surface area contributed by atoms with Gasteiger partial charge in [-0.3, -0.25) is 9.59 Å². The molecule has 0 fully saturated rings. The molecule has 8 heteroatoms. The van der Waals surface area contributed by atoms with E-state index < -0.39 is 18.5 Å². The fourth-order valence-corrected chi connectivity index (χ4v) is 1.81. The van der Waals surface area contributed by atoms with E-state index in [0.29, 0.717) is 6.54 Å². The number of halogens is 2. The third kappa shape index (κ3) is 4.87. The van der Waals surface area contributed by atoms with Gasteiger partial charge in [0.1, 0.15) is 0 Å². The smallest absolute Gasteiger partial charge is 0.387 e. The molecule has 0 aliphatic rings. The van der Waals surface area contributed by atoms with E-state index in [0.717, 1.165) is 6.07 Å². The van der Waals surface area contributed by atoms with Crippen molar-refractivity contribution in [1.29, 1.82) is 0 Å². The Morgan fingerprint density at radius 1 is 1.32 bits per heavy atom. The van der Waals surface area contributed by atoms with E-state index in [2.05, 4.69) is 4.74 Å².